The van der Waals surface area contributed by atoms with Gasteiger partial charge in [0.1, 0.15) is 0 Å². The molecule has 2 rings (SSSR count). The largest absolute Gasteiger partial charge is 0.463 e. The van der Waals surface area contributed by atoms with Gasteiger partial charge < -0.3 is 10.1 Å². The minimum atomic E-state index is -0.294. The number of carbonyl (C=O) groups excluding carboxylic acids is 1. The maximum Gasteiger partial charge on any atom is 0.330 e. The second-order valence-electron chi connectivity index (χ2n) is 4.60. The van der Waals surface area contributed by atoms with E-state index in [1.807, 2.05) is 12.3 Å². The van der Waals surface area contributed by atoms with Crippen molar-refractivity contribution >= 4 is 16.9 Å². The fraction of sp³-hybridized carbons (Fsp3) is 0.294. The van der Waals surface area contributed by atoms with Gasteiger partial charge in [-0.15, -0.1) is 0 Å². The van der Waals surface area contributed by atoms with Gasteiger partial charge in [-0.25, -0.2) is 4.79 Å². The Morgan fingerprint density at radius 2 is 2.19 bits per heavy atom. The molecule has 0 bridgehead atoms. The lowest BCUT2D eigenvalue weighted by atomic mass is 10.1. The number of fused-ring (bicyclic) bond motifs is 1. The van der Waals surface area contributed by atoms with Crippen molar-refractivity contribution in [3.8, 4) is 0 Å². The summed E-state index contributed by atoms with van der Waals surface area (Å²) in [6, 6.07) is 10.2. The topological polar surface area (TPSA) is 51.2 Å². The molecule has 110 valence electrons. The highest BCUT2D eigenvalue weighted by Crippen LogP contribution is 2.15. The van der Waals surface area contributed by atoms with E-state index in [0.717, 1.165) is 23.9 Å². The number of carbonyl (C=O) groups is 1. The molecule has 0 radical (unpaired) electrons. The van der Waals surface area contributed by atoms with Gasteiger partial charge in [-0.05, 0) is 31.5 Å². The minimum Gasteiger partial charge on any atom is -0.463 e. The van der Waals surface area contributed by atoms with Crippen molar-refractivity contribution in [2.45, 2.75) is 13.3 Å². The average Bonchev–Trinajstić information content (AvgIpc) is 2.51. The lowest BCUT2D eigenvalue weighted by Crippen LogP contribution is -2.17. The Morgan fingerprint density at radius 1 is 1.33 bits per heavy atom. The summed E-state index contributed by atoms with van der Waals surface area (Å²) in [7, 11) is 0. The molecule has 4 heteroatoms. The molecule has 0 aliphatic rings. The number of rotatable bonds is 7. The average molecular weight is 284 g/mol. The van der Waals surface area contributed by atoms with Crippen molar-refractivity contribution in [3.05, 3.63) is 54.2 Å². The van der Waals surface area contributed by atoms with Crippen LogP contribution in [0.1, 0.15) is 12.5 Å². The van der Waals surface area contributed by atoms with Crippen molar-refractivity contribution in [2.24, 2.45) is 0 Å². The van der Waals surface area contributed by atoms with Crippen LogP contribution in [0.4, 0.5) is 0 Å². The number of esters is 1. The monoisotopic (exact) mass is 284 g/mol. The molecule has 0 unspecified atom stereocenters. The van der Waals surface area contributed by atoms with Gasteiger partial charge in [-0.3, -0.25) is 4.98 Å². The molecule has 1 heterocycles. The normalized spacial score (nSPS) is 11.1. The predicted octanol–water partition coefficient (Wildman–Crippen LogP) is 2.49. The Morgan fingerprint density at radius 3 is 3.05 bits per heavy atom. The molecule has 1 N–H and O–H groups in total. The lowest BCUT2D eigenvalue weighted by molar-refractivity contribution is -0.137. The first-order valence-corrected chi connectivity index (χ1v) is 7.18. The fourth-order valence-electron chi connectivity index (χ4n) is 2.12. The van der Waals surface area contributed by atoms with Crippen LogP contribution in [0.15, 0.2) is 48.7 Å². The molecular weight excluding hydrogens is 264 g/mol. The molecule has 21 heavy (non-hydrogen) atoms. The highest BCUT2D eigenvalue weighted by atomic mass is 16.5. The van der Waals surface area contributed by atoms with Crippen LogP contribution in [-0.2, 0) is 16.0 Å². The van der Waals surface area contributed by atoms with Gasteiger partial charge in [-0.1, -0.05) is 30.3 Å². The third kappa shape index (κ3) is 4.68. The first-order chi connectivity index (χ1) is 10.3. The first kappa shape index (κ1) is 15.2. The van der Waals surface area contributed by atoms with E-state index in [1.54, 1.807) is 13.0 Å². The fourth-order valence-corrected chi connectivity index (χ4v) is 2.12. The number of hydrogen-bond acceptors (Lipinski definition) is 4. The summed E-state index contributed by atoms with van der Waals surface area (Å²) in [6.45, 7) is 3.69. The Kier molecular flexibility index (Phi) is 5.91. The van der Waals surface area contributed by atoms with Gasteiger partial charge in [-0.2, -0.15) is 0 Å². The van der Waals surface area contributed by atoms with Crippen LogP contribution in [0.3, 0.4) is 0 Å². The van der Waals surface area contributed by atoms with E-state index in [1.165, 1.54) is 11.6 Å². The minimum absolute atomic E-state index is 0.294. The summed E-state index contributed by atoms with van der Waals surface area (Å²) in [5.41, 5.74) is 2.29. The number of aromatic nitrogens is 1. The molecule has 0 spiro atoms. The van der Waals surface area contributed by atoms with Gasteiger partial charge >= 0.3 is 5.97 Å². The van der Waals surface area contributed by atoms with Crippen LogP contribution >= 0.6 is 0 Å². The summed E-state index contributed by atoms with van der Waals surface area (Å²) in [5.74, 6) is -0.294. The molecular formula is C17H20N2O2. The van der Waals surface area contributed by atoms with Crippen LogP contribution in [0.2, 0.25) is 0 Å². The maximum atomic E-state index is 11.1. The molecule has 1 aromatic heterocycles. The highest BCUT2D eigenvalue weighted by molar-refractivity contribution is 5.82. The van der Waals surface area contributed by atoms with Crippen LogP contribution in [0.5, 0.6) is 0 Å². The molecule has 0 amide bonds. The number of pyridine rings is 1. The summed E-state index contributed by atoms with van der Waals surface area (Å²) in [4.78, 5) is 15.5. The second-order valence-corrected chi connectivity index (χ2v) is 4.60. The maximum absolute atomic E-state index is 11.1. The Labute approximate surface area is 124 Å². The smallest absolute Gasteiger partial charge is 0.330 e. The van der Waals surface area contributed by atoms with Crippen LogP contribution in [0.25, 0.3) is 10.9 Å². The van der Waals surface area contributed by atoms with Crippen molar-refractivity contribution in [3.63, 3.8) is 0 Å². The number of para-hydroxylation sites is 1. The molecule has 4 nitrogen and oxygen atoms in total. The molecule has 0 atom stereocenters. The first-order valence-electron chi connectivity index (χ1n) is 7.18. The van der Waals surface area contributed by atoms with E-state index < -0.39 is 0 Å². The van der Waals surface area contributed by atoms with Gasteiger partial charge in [0.05, 0.1) is 12.1 Å². The van der Waals surface area contributed by atoms with Gasteiger partial charge in [0.25, 0.3) is 0 Å². The van der Waals surface area contributed by atoms with Crippen LogP contribution < -0.4 is 5.32 Å². The Bertz CT molecular complexity index is 618. The van der Waals surface area contributed by atoms with E-state index >= 15 is 0 Å². The van der Waals surface area contributed by atoms with Crippen molar-refractivity contribution < 1.29 is 9.53 Å². The van der Waals surface area contributed by atoms with Crippen molar-refractivity contribution in [1.82, 2.24) is 10.3 Å². The Balaban J connectivity index is 1.79. The zero-order valence-electron chi connectivity index (χ0n) is 12.2. The summed E-state index contributed by atoms with van der Waals surface area (Å²) in [6.07, 6.45) is 5.96. The zero-order valence-corrected chi connectivity index (χ0v) is 12.2. The van der Waals surface area contributed by atoms with E-state index in [2.05, 4.69) is 34.6 Å². The number of nitrogens with zero attached hydrogens (tertiary/aromatic N) is 1. The van der Waals surface area contributed by atoms with E-state index in [9.17, 15) is 4.79 Å². The van der Waals surface area contributed by atoms with Crippen molar-refractivity contribution in [2.75, 3.05) is 19.7 Å². The standard InChI is InChI=1S/C17H20N2O2/c1-2-21-16(20)9-5-11-18-13-10-15-7-3-6-14-8-4-12-19-17(14)15/h3-9,12,18H,2,10-11,13H2,1H3/b9-5+. The number of nitrogens with one attached hydrogen (secondary N) is 1. The number of hydrogen-bond donors (Lipinski definition) is 1. The van der Waals surface area contributed by atoms with E-state index in [-0.39, 0.29) is 5.97 Å². The third-order valence-corrected chi connectivity index (χ3v) is 3.09. The molecule has 2 aromatic rings. The molecule has 0 fully saturated rings. The van der Waals surface area contributed by atoms with Gasteiger partial charge in [0.15, 0.2) is 0 Å². The van der Waals surface area contributed by atoms with E-state index in [4.69, 9.17) is 4.74 Å². The van der Waals surface area contributed by atoms with Crippen LogP contribution in [0, 0.1) is 0 Å². The quantitative estimate of drug-likeness (QED) is 0.482. The molecule has 0 aliphatic heterocycles. The predicted molar refractivity (Wildman–Crippen MR) is 84.1 cm³/mol. The number of benzene rings is 1. The highest BCUT2D eigenvalue weighted by Gasteiger charge is 2.00. The van der Waals surface area contributed by atoms with Crippen molar-refractivity contribution in [1.29, 1.82) is 0 Å². The van der Waals surface area contributed by atoms with E-state index in [0.29, 0.717) is 13.2 Å². The zero-order chi connectivity index (χ0) is 14.9. The molecule has 0 saturated carbocycles. The summed E-state index contributed by atoms with van der Waals surface area (Å²) >= 11 is 0. The summed E-state index contributed by atoms with van der Waals surface area (Å²) in [5, 5.41) is 4.44. The van der Waals surface area contributed by atoms with Crippen LogP contribution in [-0.4, -0.2) is 30.6 Å². The molecule has 1 aromatic carbocycles. The number of ether oxygens (including phenoxy) is 1. The second kappa shape index (κ2) is 8.17. The SMILES string of the molecule is CCOC(=O)/C=C/CNCCc1cccc2cccnc12. The summed E-state index contributed by atoms with van der Waals surface area (Å²) < 4.78 is 4.80. The molecule has 0 saturated heterocycles. The molecule has 0 aliphatic carbocycles. The lowest BCUT2D eigenvalue weighted by Gasteiger charge is -2.06. The van der Waals surface area contributed by atoms with Gasteiger partial charge in [0, 0.05) is 24.2 Å². The Hall–Kier alpha value is -2.20. The third-order valence-electron chi connectivity index (χ3n) is 3.09. The van der Waals surface area contributed by atoms with Gasteiger partial charge in [0.2, 0.25) is 0 Å².